The Labute approximate surface area is 77.0 Å². The molecule has 0 saturated carbocycles. The molecular weight excluding hydrogens is 168 g/mol. The highest BCUT2D eigenvalue weighted by Gasteiger charge is 1.97. The molecule has 1 heterocycles. The number of H-pyrrole nitrogens is 1. The molecule has 72 valence electrons. The molecule has 1 aromatic heterocycles. The maximum atomic E-state index is 10.2. The highest BCUT2D eigenvalue weighted by Crippen LogP contribution is 2.04. The molecule has 0 aliphatic rings. The van der Waals surface area contributed by atoms with Crippen LogP contribution >= 0.6 is 0 Å². The van der Waals surface area contributed by atoms with Gasteiger partial charge < -0.3 is 5.11 Å². The Morgan fingerprint density at radius 2 is 2.31 bits per heavy atom. The summed E-state index contributed by atoms with van der Waals surface area (Å²) < 4.78 is 0. The fourth-order valence-corrected chi connectivity index (χ4v) is 1.19. The molecule has 1 aromatic rings. The van der Waals surface area contributed by atoms with E-state index in [1.165, 1.54) is 0 Å². The lowest BCUT2D eigenvalue weighted by Crippen LogP contribution is -1.94. The number of nitrogens with one attached hydrogen (secondary N) is 1. The van der Waals surface area contributed by atoms with Crippen molar-refractivity contribution >= 4 is 5.97 Å². The monoisotopic (exact) mass is 182 g/mol. The number of carboxylic acids is 1. The quantitative estimate of drug-likeness (QED) is 0.656. The van der Waals surface area contributed by atoms with Crippen LogP contribution in [0, 0.1) is 0 Å². The van der Waals surface area contributed by atoms with Gasteiger partial charge >= 0.3 is 5.97 Å². The zero-order chi connectivity index (χ0) is 9.52. The van der Waals surface area contributed by atoms with Gasteiger partial charge in [-0.3, -0.25) is 9.89 Å². The number of hydrogen-bond acceptors (Lipinski definition) is 2. The first kappa shape index (κ1) is 9.77. The fourth-order valence-electron chi connectivity index (χ4n) is 1.19. The molecule has 2 N–H and O–H groups in total. The van der Waals surface area contributed by atoms with Crippen molar-refractivity contribution in [3.8, 4) is 0 Å². The summed E-state index contributed by atoms with van der Waals surface area (Å²) in [5.41, 5.74) is 1.12. The van der Waals surface area contributed by atoms with Gasteiger partial charge in [0.1, 0.15) is 0 Å². The predicted octanol–water partition coefficient (Wildman–Crippen LogP) is 1.60. The molecule has 0 aromatic carbocycles. The molecular formula is C9H14N2O2. The Hall–Kier alpha value is -1.32. The van der Waals surface area contributed by atoms with Crippen molar-refractivity contribution in [1.29, 1.82) is 0 Å². The van der Waals surface area contributed by atoms with E-state index in [0.717, 1.165) is 31.4 Å². The number of aromatic amines is 1. The van der Waals surface area contributed by atoms with Crippen molar-refractivity contribution in [2.75, 3.05) is 0 Å². The van der Waals surface area contributed by atoms with Crippen LogP contribution in [0.15, 0.2) is 12.3 Å². The summed E-state index contributed by atoms with van der Waals surface area (Å²) in [5, 5.41) is 15.1. The zero-order valence-corrected chi connectivity index (χ0v) is 7.49. The van der Waals surface area contributed by atoms with Gasteiger partial charge in [0, 0.05) is 18.3 Å². The van der Waals surface area contributed by atoms with Crippen LogP contribution in [0.3, 0.4) is 0 Å². The second kappa shape index (κ2) is 5.35. The number of nitrogens with zero attached hydrogens (tertiary/aromatic N) is 1. The van der Waals surface area contributed by atoms with Gasteiger partial charge in [-0.25, -0.2) is 0 Å². The second-order valence-electron chi connectivity index (χ2n) is 3.04. The first-order valence-electron chi connectivity index (χ1n) is 4.49. The van der Waals surface area contributed by atoms with Crippen LogP contribution in [0.25, 0.3) is 0 Å². The van der Waals surface area contributed by atoms with Gasteiger partial charge in [-0.05, 0) is 25.3 Å². The third-order valence-electron chi connectivity index (χ3n) is 1.90. The number of aryl methyl sites for hydroxylation is 1. The first-order valence-corrected chi connectivity index (χ1v) is 4.49. The van der Waals surface area contributed by atoms with Gasteiger partial charge in [0.15, 0.2) is 0 Å². The molecule has 4 heteroatoms. The van der Waals surface area contributed by atoms with E-state index in [4.69, 9.17) is 5.11 Å². The highest BCUT2D eigenvalue weighted by atomic mass is 16.4. The van der Waals surface area contributed by atoms with Gasteiger partial charge in [0.05, 0.1) is 0 Å². The smallest absolute Gasteiger partial charge is 0.303 e. The van der Waals surface area contributed by atoms with Gasteiger partial charge in [-0.1, -0.05) is 6.42 Å². The molecule has 0 amide bonds. The number of rotatable bonds is 6. The van der Waals surface area contributed by atoms with Crippen LogP contribution in [0.2, 0.25) is 0 Å². The van der Waals surface area contributed by atoms with Gasteiger partial charge in [0.25, 0.3) is 0 Å². The molecule has 0 unspecified atom stereocenters. The largest absolute Gasteiger partial charge is 0.481 e. The normalized spacial score (nSPS) is 10.2. The maximum Gasteiger partial charge on any atom is 0.303 e. The van der Waals surface area contributed by atoms with Crippen LogP contribution in [-0.4, -0.2) is 21.3 Å². The van der Waals surface area contributed by atoms with Crippen molar-refractivity contribution in [3.05, 3.63) is 18.0 Å². The van der Waals surface area contributed by atoms with Crippen LogP contribution in [0.4, 0.5) is 0 Å². The first-order chi connectivity index (χ1) is 6.29. The number of hydrogen-bond donors (Lipinski definition) is 2. The van der Waals surface area contributed by atoms with E-state index in [-0.39, 0.29) is 6.42 Å². The Kier molecular flexibility index (Phi) is 4.02. The average Bonchev–Trinajstić information content (AvgIpc) is 2.55. The SMILES string of the molecule is O=C(O)CCCCCc1ccn[nH]1. The Morgan fingerprint density at radius 3 is 2.92 bits per heavy atom. The summed E-state index contributed by atoms with van der Waals surface area (Å²) in [6.45, 7) is 0. The van der Waals surface area contributed by atoms with E-state index < -0.39 is 5.97 Å². The number of carbonyl (C=O) groups is 1. The molecule has 0 atom stereocenters. The highest BCUT2D eigenvalue weighted by molar-refractivity contribution is 5.66. The molecule has 0 saturated heterocycles. The third kappa shape index (κ3) is 4.30. The second-order valence-corrected chi connectivity index (χ2v) is 3.04. The fraction of sp³-hybridized carbons (Fsp3) is 0.556. The number of aromatic nitrogens is 2. The van der Waals surface area contributed by atoms with Crippen LogP contribution < -0.4 is 0 Å². The van der Waals surface area contributed by atoms with E-state index in [1.807, 2.05) is 6.07 Å². The molecule has 0 aliphatic heterocycles. The summed E-state index contributed by atoms with van der Waals surface area (Å²) in [6.07, 6.45) is 5.72. The summed E-state index contributed by atoms with van der Waals surface area (Å²) in [4.78, 5) is 10.2. The summed E-state index contributed by atoms with van der Waals surface area (Å²) in [5.74, 6) is -0.707. The van der Waals surface area contributed by atoms with Crippen LogP contribution in [0.5, 0.6) is 0 Å². The maximum absolute atomic E-state index is 10.2. The average molecular weight is 182 g/mol. The van der Waals surface area contributed by atoms with Gasteiger partial charge in [0.2, 0.25) is 0 Å². The van der Waals surface area contributed by atoms with Crippen LogP contribution in [-0.2, 0) is 11.2 Å². The Balaban J connectivity index is 1.99. The molecule has 0 aliphatic carbocycles. The minimum Gasteiger partial charge on any atom is -0.481 e. The lowest BCUT2D eigenvalue weighted by molar-refractivity contribution is -0.137. The Morgan fingerprint density at radius 1 is 1.46 bits per heavy atom. The van der Waals surface area contributed by atoms with E-state index in [1.54, 1.807) is 6.20 Å². The van der Waals surface area contributed by atoms with Crippen molar-refractivity contribution < 1.29 is 9.90 Å². The van der Waals surface area contributed by atoms with E-state index in [0.29, 0.717) is 0 Å². The zero-order valence-electron chi connectivity index (χ0n) is 7.49. The molecule has 0 fully saturated rings. The van der Waals surface area contributed by atoms with Crippen molar-refractivity contribution in [1.82, 2.24) is 10.2 Å². The van der Waals surface area contributed by atoms with Crippen molar-refractivity contribution in [3.63, 3.8) is 0 Å². The molecule has 4 nitrogen and oxygen atoms in total. The number of carboxylic acid groups (broad SMARTS) is 1. The molecule has 1 rings (SSSR count). The summed E-state index contributed by atoms with van der Waals surface area (Å²) in [6, 6.07) is 1.94. The minimum atomic E-state index is -0.707. The molecule has 0 radical (unpaired) electrons. The van der Waals surface area contributed by atoms with E-state index in [2.05, 4.69) is 10.2 Å². The number of unbranched alkanes of at least 4 members (excludes halogenated alkanes) is 2. The molecule has 13 heavy (non-hydrogen) atoms. The molecule has 0 bridgehead atoms. The summed E-state index contributed by atoms with van der Waals surface area (Å²) in [7, 11) is 0. The van der Waals surface area contributed by atoms with E-state index >= 15 is 0 Å². The standard InChI is InChI=1S/C9H14N2O2/c12-9(13)5-3-1-2-4-8-6-7-10-11-8/h6-7H,1-5H2,(H,10,11)(H,12,13). The van der Waals surface area contributed by atoms with Crippen molar-refractivity contribution in [2.24, 2.45) is 0 Å². The van der Waals surface area contributed by atoms with Crippen molar-refractivity contribution in [2.45, 2.75) is 32.1 Å². The van der Waals surface area contributed by atoms with Crippen LogP contribution in [0.1, 0.15) is 31.4 Å². The molecule has 0 spiro atoms. The topological polar surface area (TPSA) is 66.0 Å². The lowest BCUT2D eigenvalue weighted by Gasteiger charge is -1.96. The Bertz CT molecular complexity index is 244. The number of aliphatic carboxylic acids is 1. The van der Waals surface area contributed by atoms with E-state index in [9.17, 15) is 4.79 Å². The minimum absolute atomic E-state index is 0.281. The summed E-state index contributed by atoms with van der Waals surface area (Å²) >= 11 is 0. The third-order valence-corrected chi connectivity index (χ3v) is 1.90. The van der Waals surface area contributed by atoms with Gasteiger partial charge in [-0.15, -0.1) is 0 Å². The van der Waals surface area contributed by atoms with Gasteiger partial charge in [-0.2, -0.15) is 5.10 Å². The lowest BCUT2D eigenvalue weighted by atomic mass is 10.1. The predicted molar refractivity (Wildman–Crippen MR) is 48.4 cm³/mol.